The summed E-state index contributed by atoms with van der Waals surface area (Å²) in [5, 5.41) is 3.20. The molecule has 0 bridgehead atoms. The maximum absolute atomic E-state index is 11.7. The molecule has 1 heterocycles. The Morgan fingerprint density at radius 3 is 2.48 bits per heavy atom. The van der Waals surface area contributed by atoms with Crippen molar-refractivity contribution in [1.82, 2.24) is 4.90 Å². The fraction of sp³-hybridized carbons (Fsp3) is 0.611. The van der Waals surface area contributed by atoms with E-state index in [-0.39, 0.29) is 5.24 Å². The number of carbonyl (C=O) groups is 1. The lowest BCUT2D eigenvalue weighted by Crippen LogP contribution is -2.44. The molecular weight excluding hydrogens is 310 g/mol. The van der Waals surface area contributed by atoms with Gasteiger partial charge in [0.25, 0.3) is 5.24 Å². The van der Waals surface area contributed by atoms with Crippen LogP contribution in [-0.4, -0.2) is 49.4 Å². The lowest BCUT2D eigenvalue weighted by Gasteiger charge is -2.34. The summed E-state index contributed by atoms with van der Waals surface area (Å²) in [5.74, 6) is 0. The first kappa shape index (κ1) is 16.6. The molecule has 1 aliphatic heterocycles. The molecule has 1 saturated heterocycles. The van der Waals surface area contributed by atoms with E-state index in [2.05, 4.69) is 28.2 Å². The van der Waals surface area contributed by atoms with Crippen LogP contribution in [0.5, 0.6) is 0 Å². The molecule has 1 aromatic rings. The second-order valence-electron chi connectivity index (χ2n) is 6.77. The van der Waals surface area contributed by atoms with E-state index in [0.29, 0.717) is 11.6 Å². The Morgan fingerprint density at radius 2 is 1.83 bits per heavy atom. The number of hydrogen-bond acceptors (Lipinski definition) is 4. The SMILES string of the molecule is CN1CCN(c2ccc(C(=O)Cl)c(NC3CCCCC3)c2)CC1. The summed E-state index contributed by atoms with van der Waals surface area (Å²) in [4.78, 5) is 16.5. The van der Waals surface area contributed by atoms with Crippen LogP contribution in [0.25, 0.3) is 0 Å². The average Bonchev–Trinajstić information content (AvgIpc) is 2.56. The summed E-state index contributed by atoms with van der Waals surface area (Å²) in [6.45, 7) is 4.18. The molecule has 0 atom stereocenters. The Bertz CT molecular complexity index is 549. The molecule has 1 N–H and O–H groups in total. The van der Waals surface area contributed by atoms with Gasteiger partial charge in [-0.3, -0.25) is 4.79 Å². The highest BCUT2D eigenvalue weighted by atomic mass is 35.5. The molecule has 3 rings (SSSR count). The number of rotatable bonds is 4. The smallest absolute Gasteiger partial charge is 0.254 e. The fourth-order valence-electron chi connectivity index (χ4n) is 3.55. The van der Waals surface area contributed by atoms with Crippen molar-refractivity contribution in [3.8, 4) is 0 Å². The van der Waals surface area contributed by atoms with Gasteiger partial charge in [-0.1, -0.05) is 19.3 Å². The first-order valence-electron chi connectivity index (χ1n) is 8.67. The van der Waals surface area contributed by atoms with Crippen molar-refractivity contribution in [2.24, 2.45) is 0 Å². The van der Waals surface area contributed by atoms with Crippen LogP contribution < -0.4 is 10.2 Å². The molecule has 0 amide bonds. The van der Waals surface area contributed by atoms with Gasteiger partial charge in [-0.05, 0) is 49.7 Å². The van der Waals surface area contributed by atoms with E-state index in [9.17, 15) is 4.79 Å². The Morgan fingerprint density at radius 1 is 1.13 bits per heavy atom. The molecule has 4 nitrogen and oxygen atoms in total. The Kier molecular flexibility index (Phi) is 5.44. The van der Waals surface area contributed by atoms with E-state index < -0.39 is 0 Å². The van der Waals surface area contributed by atoms with Crippen molar-refractivity contribution in [2.45, 2.75) is 38.1 Å². The monoisotopic (exact) mass is 335 g/mol. The van der Waals surface area contributed by atoms with Crippen molar-refractivity contribution in [2.75, 3.05) is 43.4 Å². The topological polar surface area (TPSA) is 35.6 Å². The molecule has 2 fully saturated rings. The standard InChI is InChI=1S/C18H26ClN3O/c1-21-9-11-22(12-10-21)15-7-8-16(18(19)23)17(13-15)20-14-5-3-2-4-6-14/h7-8,13-14,20H,2-6,9-12H2,1H3. The van der Waals surface area contributed by atoms with Gasteiger partial charge in [0.2, 0.25) is 0 Å². The van der Waals surface area contributed by atoms with E-state index in [1.807, 2.05) is 12.1 Å². The van der Waals surface area contributed by atoms with Crippen molar-refractivity contribution in [1.29, 1.82) is 0 Å². The van der Waals surface area contributed by atoms with Gasteiger partial charge in [-0.15, -0.1) is 0 Å². The van der Waals surface area contributed by atoms with Crippen LogP contribution in [0.2, 0.25) is 0 Å². The third kappa shape index (κ3) is 4.18. The molecule has 23 heavy (non-hydrogen) atoms. The predicted octanol–water partition coefficient (Wildman–Crippen LogP) is 3.56. The minimum Gasteiger partial charge on any atom is -0.382 e. The van der Waals surface area contributed by atoms with E-state index in [4.69, 9.17) is 11.6 Å². The summed E-state index contributed by atoms with van der Waals surface area (Å²) >= 11 is 5.78. The van der Waals surface area contributed by atoms with Crippen LogP contribution in [-0.2, 0) is 0 Å². The van der Waals surface area contributed by atoms with E-state index in [1.54, 1.807) is 0 Å². The van der Waals surface area contributed by atoms with Crippen molar-refractivity contribution in [3.63, 3.8) is 0 Å². The fourth-order valence-corrected chi connectivity index (χ4v) is 3.72. The van der Waals surface area contributed by atoms with Gasteiger partial charge in [0.1, 0.15) is 0 Å². The normalized spacial score (nSPS) is 20.5. The van der Waals surface area contributed by atoms with Gasteiger partial charge in [0.15, 0.2) is 0 Å². The molecule has 0 spiro atoms. The highest BCUT2D eigenvalue weighted by molar-refractivity contribution is 6.68. The third-order valence-electron chi connectivity index (χ3n) is 5.05. The number of likely N-dealkylation sites (N-methyl/N-ethyl adjacent to an activating group) is 1. The molecule has 1 saturated carbocycles. The van der Waals surface area contributed by atoms with Crippen molar-refractivity contribution < 1.29 is 4.79 Å². The van der Waals surface area contributed by atoms with Crippen LogP contribution in [0, 0.1) is 0 Å². The molecule has 1 aromatic carbocycles. The number of piperazine rings is 1. The zero-order chi connectivity index (χ0) is 16.2. The summed E-state index contributed by atoms with van der Waals surface area (Å²) in [6, 6.07) is 6.46. The molecule has 5 heteroatoms. The highest BCUT2D eigenvalue weighted by Crippen LogP contribution is 2.29. The molecule has 1 aliphatic carbocycles. The van der Waals surface area contributed by atoms with Gasteiger partial charge in [-0.2, -0.15) is 0 Å². The molecule has 0 unspecified atom stereocenters. The molecule has 2 aliphatic rings. The van der Waals surface area contributed by atoms with E-state index >= 15 is 0 Å². The second-order valence-corrected chi connectivity index (χ2v) is 7.12. The number of nitrogens with zero attached hydrogens (tertiary/aromatic N) is 2. The second kappa shape index (κ2) is 7.54. The number of hydrogen-bond donors (Lipinski definition) is 1. The largest absolute Gasteiger partial charge is 0.382 e. The number of halogens is 1. The summed E-state index contributed by atoms with van der Waals surface area (Å²) in [5.41, 5.74) is 2.67. The Labute approximate surface area is 143 Å². The number of anilines is 2. The Balaban J connectivity index is 1.79. The number of carbonyl (C=O) groups excluding carboxylic acids is 1. The van der Waals surface area contributed by atoms with Crippen molar-refractivity contribution in [3.05, 3.63) is 23.8 Å². The van der Waals surface area contributed by atoms with Crippen LogP contribution in [0.4, 0.5) is 11.4 Å². The third-order valence-corrected chi connectivity index (χ3v) is 5.25. The maximum atomic E-state index is 11.7. The molecule has 126 valence electrons. The van der Waals surface area contributed by atoms with Crippen LogP contribution in [0.3, 0.4) is 0 Å². The number of nitrogens with one attached hydrogen (secondary N) is 1. The van der Waals surface area contributed by atoms with Gasteiger partial charge in [0.05, 0.1) is 5.56 Å². The van der Waals surface area contributed by atoms with Gasteiger partial charge >= 0.3 is 0 Å². The summed E-state index contributed by atoms with van der Waals surface area (Å²) in [6.07, 6.45) is 6.20. The molecule has 0 radical (unpaired) electrons. The van der Waals surface area contributed by atoms with E-state index in [0.717, 1.165) is 31.9 Å². The van der Waals surface area contributed by atoms with Crippen LogP contribution in [0.15, 0.2) is 18.2 Å². The first-order chi connectivity index (χ1) is 11.1. The molecule has 0 aromatic heterocycles. The highest BCUT2D eigenvalue weighted by Gasteiger charge is 2.19. The van der Waals surface area contributed by atoms with Gasteiger partial charge in [-0.25, -0.2) is 0 Å². The minimum atomic E-state index is -0.381. The van der Waals surface area contributed by atoms with Crippen molar-refractivity contribution >= 4 is 28.2 Å². The zero-order valence-corrected chi connectivity index (χ0v) is 14.6. The summed E-state index contributed by atoms with van der Waals surface area (Å²) < 4.78 is 0. The maximum Gasteiger partial charge on any atom is 0.254 e. The lowest BCUT2D eigenvalue weighted by atomic mass is 9.95. The number of benzene rings is 1. The quantitative estimate of drug-likeness (QED) is 0.853. The molecular formula is C18H26ClN3O. The summed E-state index contributed by atoms with van der Waals surface area (Å²) in [7, 11) is 2.16. The average molecular weight is 336 g/mol. The van der Waals surface area contributed by atoms with Crippen LogP contribution in [0.1, 0.15) is 42.5 Å². The first-order valence-corrected chi connectivity index (χ1v) is 9.05. The Hall–Kier alpha value is -1.26. The van der Waals surface area contributed by atoms with Gasteiger partial charge in [0, 0.05) is 43.6 Å². The predicted molar refractivity (Wildman–Crippen MR) is 96.8 cm³/mol. The zero-order valence-electron chi connectivity index (χ0n) is 13.9. The van der Waals surface area contributed by atoms with E-state index in [1.165, 1.54) is 37.8 Å². The van der Waals surface area contributed by atoms with Crippen LogP contribution >= 0.6 is 11.6 Å². The van der Waals surface area contributed by atoms with Gasteiger partial charge < -0.3 is 15.1 Å². The lowest BCUT2D eigenvalue weighted by molar-refractivity contribution is 0.108. The minimum absolute atomic E-state index is 0.381.